The van der Waals surface area contributed by atoms with Gasteiger partial charge in [0.2, 0.25) is 5.91 Å². The lowest BCUT2D eigenvalue weighted by Crippen LogP contribution is -2.48. The second kappa shape index (κ2) is 5.00. The fourth-order valence-electron chi connectivity index (χ4n) is 4.59. The first-order valence-corrected chi connectivity index (χ1v) is 8.19. The smallest absolute Gasteiger partial charge is 0.226 e. The number of nitrogens with zero attached hydrogens (tertiary/aromatic N) is 3. The maximum Gasteiger partial charge on any atom is 0.226 e. The number of aromatic nitrogens is 2. The van der Waals surface area contributed by atoms with Gasteiger partial charge in [0.1, 0.15) is 0 Å². The topological polar surface area (TPSA) is 38.1 Å². The van der Waals surface area contributed by atoms with Crippen molar-refractivity contribution >= 4 is 5.91 Å². The summed E-state index contributed by atoms with van der Waals surface area (Å²) >= 11 is 0. The van der Waals surface area contributed by atoms with Crippen molar-refractivity contribution in [3.05, 3.63) is 30.1 Å². The summed E-state index contributed by atoms with van der Waals surface area (Å²) in [5.74, 6) is 1.21. The van der Waals surface area contributed by atoms with Gasteiger partial charge in [-0.15, -0.1) is 0 Å². The van der Waals surface area contributed by atoms with Crippen LogP contribution in [-0.4, -0.2) is 32.7 Å². The van der Waals surface area contributed by atoms with Crippen molar-refractivity contribution in [3.63, 3.8) is 0 Å². The van der Waals surface area contributed by atoms with Gasteiger partial charge < -0.3 is 4.90 Å². The van der Waals surface area contributed by atoms with E-state index in [0.29, 0.717) is 23.9 Å². The van der Waals surface area contributed by atoms with Crippen molar-refractivity contribution < 1.29 is 4.79 Å². The Balaban J connectivity index is 1.51. The fourth-order valence-corrected chi connectivity index (χ4v) is 4.59. The predicted octanol–water partition coefficient (Wildman–Crippen LogP) is 2.62. The van der Waals surface area contributed by atoms with Crippen LogP contribution in [0.2, 0.25) is 0 Å². The van der Waals surface area contributed by atoms with E-state index in [9.17, 15) is 4.79 Å². The number of amides is 1. The van der Waals surface area contributed by atoms with Gasteiger partial charge in [-0.05, 0) is 44.6 Å². The first-order chi connectivity index (χ1) is 10.2. The van der Waals surface area contributed by atoms with Crippen LogP contribution in [0.5, 0.6) is 0 Å². The van der Waals surface area contributed by atoms with E-state index in [2.05, 4.69) is 28.2 Å². The van der Waals surface area contributed by atoms with Gasteiger partial charge in [0.15, 0.2) is 0 Å². The van der Waals surface area contributed by atoms with Crippen LogP contribution in [0, 0.1) is 5.92 Å². The molecule has 0 aromatic carbocycles. The van der Waals surface area contributed by atoms with Gasteiger partial charge in [-0.3, -0.25) is 9.48 Å². The van der Waals surface area contributed by atoms with Crippen molar-refractivity contribution in [2.75, 3.05) is 0 Å². The molecule has 2 aliphatic heterocycles. The Morgan fingerprint density at radius 2 is 1.86 bits per heavy atom. The minimum Gasteiger partial charge on any atom is -0.336 e. The summed E-state index contributed by atoms with van der Waals surface area (Å²) in [6, 6.07) is 3.05. The molecule has 21 heavy (non-hydrogen) atoms. The summed E-state index contributed by atoms with van der Waals surface area (Å²) < 4.78 is 2.00. The van der Waals surface area contributed by atoms with Crippen molar-refractivity contribution in [2.45, 2.75) is 56.5 Å². The Morgan fingerprint density at radius 3 is 2.43 bits per heavy atom. The Bertz CT molecular complexity index is 554. The third kappa shape index (κ3) is 2.12. The van der Waals surface area contributed by atoms with Crippen LogP contribution in [0.1, 0.15) is 50.1 Å². The number of allylic oxidation sites excluding steroid dienone is 2. The standard InChI is InChI=1S/C17H23N3O/c1-19-16(8-9-18-19)13-10-14-6-7-15(11-13)20(14)17(21)12-4-2-3-5-12/h2-3,8-9,12-15H,4-7,10-11H2,1H3/t13?,14-,15+. The van der Waals surface area contributed by atoms with Crippen LogP contribution in [0.25, 0.3) is 0 Å². The predicted molar refractivity (Wildman–Crippen MR) is 80.7 cm³/mol. The van der Waals surface area contributed by atoms with Gasteiger partial charge in [-0.2, -0.15) is 5.10 Å². The van der Waals surface area contributed by atoms with E-state index < -0.39 is 0 Å². The first-order valence-electron chi connectivity index (χ1n) is 8.19. The number of fused-ring (bicyclic) bond motifs is 2. The molecule has 0 N–H and O–H groups in total. The highest BCUT2D eigenvalue weighted by molar-refractivity contribution is 5.80. The minimum absolute atomic E-state index is 0.223. The van der Waals surface area contributed by atoms with Crippen molar-refractivity contribution in [3.8, 4) is 0 Å². The van der Waals surface area contributed by atoms with Crippen molar-refractivity contribution in [2.24, 2.45) is 13.0 Å². The quantitative estimate of drug-likeness (QED) is 0.783. The Hall–Kier alpha value is -1.58. The SMILES string of the molecule is Cn1nccc1C1C[C@H]2CC[C@@H](C1)N2C(=O)C1CC=CC1. The molecule has 1 amide bonds. The largest absolute Gasteiger partial charge is 0.336 e. The highest BCUT2D eigenvalue weighted by Crippen LogP contribution is 2.44. The monoisotopic (exact) mass is 285 g/mol. The number of hydrogen-bond acceptors (Lipinski definition) is 2. The Morgan fingerprint density at radius 1 is 1.19 bits per heavy atom. The van der Waals surface area contributed by atoms with E-state index in [1.165, 1.54) is 18.5 Å². The van der Waals surface area contributed by atoms with Gasteiger partial charge in [0.05, 0.1) is 0 Å². The summed E-state index contributed by atoms with van der Waals surface area (Å²) in [6.07, 6.45) is 12.7. The maximum absolute atomic E-state index is 12.8. The number of carbonyl (C=O) groups excluding carboxylic acids is 1. The van der Waals surface area contributed by atoms with Crippen LogP contribution in [0.3, 0.4) is 0 Å². The maximum atomic E-state index is 12.8. The summed E-state index contributed by atoms with van der Waals surface area (Å²) in [4.78, 5) is 15.0. The zero-order valence-corrected chi connectivity index (χ0v) is 12.6. The zero-order valence-electron chi connectivity index (χ0n) is 12.6. The second-order valence-corrected chi connectivity index (χ2v) is 6.82. The molecule has 1 aliphatic carbocycles. The van der Waals surface area contributed by atoms with E-state index in [1.807, 2.05) is 17.9 Å². The van der Waals surface area contributed by atoms with Crippen LogP contribution in [-0.2, 0) is 11.8 Å². The third-order valence-electron chi connectivity index (χ3n) is 5.62. The van der Waals surface area contributed by atoms with E-state index in [-0.39, 0.29) is 5.92 Å². The molecule has 1 aromatic rings. The van der Waals surface area contributed by atoms with Crippen LogP contribution < -0.4 is 0 Å². The molecule has 2 fully saturated rings. The number of piperidine rings is 1. The minimum atomic E-state index is 0.223. The molecule has 3 heterocycles. The summed E-state index contributed by atoms with van der Waals surface area (Å²) in [7, 11) is 2.03. The molecule has 0 radical (unpaired) electrons. The van der Waals surface area contributed by atoms with Crippen LogP contribution in [0.4, 0.5) is 0 Å². The lowest BCUT2D eigenvalue weighted by atomic mass is 9.87. The van der Waals surface area contributed by atoms with E-state index in [4.69, 9.17) is 0 Å². The number of hydrogen-bond donors (Lipinski definition) is 0. The highest BCUT2D eigenvalue weighted by atomic mass is 16.2. The van der Waals surface area contributed by atoms with E-state index >= 15 is 0 Å². The number of carbonyl (C=O) groups is 1. The molecule has 1 aromatic heterocycles. The lowest BCUT2D eigenvalue weighted by molar-refractivity contribution is -0.139. The lowest BCUT2D eigenvalue weighted by Gasteiger charge is -2.40. The van der Waals surface area contributed by atoms with Gasteiger partial charge in [-0.25, -0.2) is 0 Å². The summed E-state index contributed by atoms with van der Waals surface area (Å²) in [5.41, 5.74) is 1.33. The summed E-state index contributed by atoms with van der Waals surface area (Å²) in [6.45, 7) is 0. The molecule has 112 valence electrons. The van der Waals surface area contributed by atoms with Gasteiger partial charge in [0.25, 0.3) is 0 Å². The molecule has 4 rings (SSSR count). The van der Waals surface area contributed by atoms with Gasteiger partial charge >= 0.3 is 0 Å². The molecule has 1 unspecified atom stereocenters. The number of rotatable bonds is 2. The highest BCUT2D eigenvalue weighted by Gasteiger charge is 2.45. The van der Waals surface area contributed by atoms with Gasteiger partial charge in [0, 0.05) is 42.9 Å². The molecular formula is C17H23N3O. The number of aryl methyl sites for hydroxylation is 1. The molecule has 4 heteroatoms. The third-order valence-corrected chi connectivity index (χ3v) is 5.62. The fraction of sp³-hybridized carbons (Fsp3) is 0.647. The average Bonchev–Trinajstić information content (AvgIpc) is 3.19. The molecule has 3 aliphatic rings. The molecule has 3 atom stereocenters. The average molecular weight is 285 g/mol. The Labute approximate surface area is 125 Å². The van der Waals surface area contributed by atoms with E-state index in [1.54, 1.807) is 0 Å². The first kappa shape index (κ1) is 13.1. The molecule has 2 saturated heterocycles. The van der Waals surface area contributed by atoms with Crippen LogP contribution >= 0.6 is 0 Å². The molecule has 2 bridgehead atoms. The molecule has 4 nitrogen and oxygen atoms in total. The zero-order chi connectivity index (χ0) is 14.4. The molecular weight excluding hydrogens is 262 g/mol. The molecule has 0 saturated carbocycles. The van der Waals surface area contributed by atoms with E-state index in [0.717, 1.165) is 25.7 Å². The van der Waals surface area contributed by atoms with Crippen molar-refractivity contribution in [1.82, 2.24) is 14.7 Å². The van der Waals surface area contributed by atoms with Gasteiger partial charge in [-0.1, -0.05) is 12.2 Å². The van der Waals surface area contributed by atoms with Crippen LogP contribution in [0.15, 0.2) is 24.4 Å². The second-order valence-electron chi connectivity index (χ2n) is 6.82. The summed E-state index contributed by atoms with van der Waals surface area (Å²) in [5, 5.41) is 4.31. The van der Waals surface area contributed by atoms with Crippen molar-refractivity contribution in [1.29, 1.82) is 0 Å². The normalized spacial score (nSPS) is 32.0. The molecule has 0 spiro atoms. The Kier molecular flexibility index (Phi) is 3.12.